The van der Waals surface area contributed by atoms with E-state index in [2.05, 4.69) is 21.9 Å². The molecule has 5 nitrogen and oxygen atoms in total. The summed E-state index contributed by atoms with van der Waals surface area (Å²) in [4.78, 5) is 29.3. The summed E-state index contributed by atoms with van der Waals surface area (Å²) in [5.74, 6) is 0.634. The van der Waals surface area contributed by atoms with Crippen molar-refractivity contribution in [1.82, 2.24) is 15.0 Å². The lowest BCUT2D eigenvalue weighted by Gasteiger charge is -2.66. The maximum absolute atomic E-state index is 14.3. The number of pyridine rings is 1. The third-order valence-electron chi connectivity index (χ3n) is 11.0. The first kappa shape index (κ1) is 28.4. The molecule has 0 radical (unpaired) electrons. The summed E-state index contributed by atoms with van der Waals surface area (Å²) in [6.07, 6.45) is 7.96. The van der Waals surface area contributed by atoms with Crippen LogP contribution in [0.5, 0.6) is 0 Å². The van der Waals surface area contributed by atoms with Crippen LogP contribution in [-0.4, -0.2) is 33.1 Å². The highest BCUT2D eigenvalue weighted by atomic mass is 19.4. The molecule has 0 aliphatic heterocycles. The molecule has 226 valence electrons. The number of alkyl halides is 4. The second kappa shape index (κ2) is 9.83. The molecule has 2 aromatic heterocycles. The van der Waals surface area contributed by atoms with Crippen LogP contribution in [0.2, 0.25) is 0 Å². The number of fused-ring (bicyclic) bond motifs is 3. The van der Waals surface area contributed by atoms with E-state index < -0.39 is 17.4 Å². The summed E-state index contributed by atoms with van der Waals surface area (Å²) < 4.78 is 53.7. The molecule has 1 aromatic carbocycles. The minimum Gasteiger partial charge on any atom is -0.312 e. The fourth-order valence-corrected chi connectivity index (χ4v) is 8.38. The van der Waals surface area contributed by atoms with Crippen molar-refractivity contribution in [2.45, 2.75) is 94.8 Å². The standard InChI is InChI=1S/C34H36F4N4O/c1-2-23-16-40-29(41-17-23)24-4-3-5-26(14-24)42(28(43)15-31-19-33(35,20-31)21-31)22-30-8-11-32(12-9-30,13-10-30)27-7-6-25(18-39-27)34(36,37)38/h3-7,14,16-18H,2,8-13,15,19-22H2,1H3. The molecule has 2 heterocycles. The highest BCUT2D eigenvalue weighted by molar-refractivity contribution is 5.94. The third-order valence-corrected chi connectivity index (χ3v) is 11.0. The topological polar surface area (TPSA) is 59.0 Å². The molecule has 6 aliphatic carbocycles. The van der Waals surface area contributed by atoms with Crippen molar-refractivity contribution >= 4 is 11.6 Å². The molecule has 9 heteroatoms. The Morgan fingerprint density at radius 1 is 0.884 bits per heavy atom. The Balaban J connectivity index is 1.13. The molecule has 9 rings (SSSR count). The Morgan fingerprint density at radius 3 is 2.12 bits per heavy atom. The predicted octanol–water partition coefficient (Wildman–Crippen LogP) is 8.03. The number of carbonyl (C=O) groups excluding carboxylic acids is 1. The van der Waals surface area contributed by atoms with E-state index in [1.54, 1.807) is 6.07 Å². The molecule has 43 heavy (non-hydrogen) atoms. The zero-order valence-corrected chi connectivity index (χ0v) is 24.4. The summed E-state index contributed by atoms with van der Waals surface area (Å²) >= 11 is 0. The minimum absolute atomic E-state index is 0.0299. The molecule has 0 saturated heterocycles. The second-order valence-electron chi connectivity index (χ2n) is 13.9. The highest BCUT2D eigenvalue weighted by Crippen LogP contribution is 2.71. The Kier molecular flexibility index (Phi) is 6.49. The molecule has 0 unspecified atom stereocenters. The number of hydrogen-bond acceptors (Lipinski definition) is 4. The molecule has 0 spiro atoms. The Labute approximate surface area is 249 Å². The minimum atomic E-state index is -4.40. The van der Waals surface area contributed by atoms with Gasteiger partial charge in [0.2, 0.25) is 5.91 Å². The average molecular weight is 593 g/mol. The monoisotopic (exact) mass is 592 g/mol. The van der Waals surface area contributed by atoms with Crippen LogP contribution < -0.4 is 4.90 Å². The van der Waals surface area contributed by atoms with Gasteiger partial charge in [0.05, 0.1) is 5.56 Å². The summed E-state index contributed by atoms with van der Waals surface area (Å²) in [5.41, 5.74) is 1.14. The molecule has 4 bridgehead atoms. The average Bonchev–Trinajstić information content (AvgIpc) is 2.99. The zero-order chi connectivity index (χ0) is 30.1. The summed E-state index contributed by atoms with van der Waals surface area (Å²) in [6.45, 7) is 2.62. The largest absolute Gasteiger partial charge is 0.417 e. The van der Waals surface area contributed by atoms with E-state index in [1.165, 1.54) is 0 Å². The second-order valence-corrected chi connectivity index (χ2v) is 13.9. The van der Waals surface area contributed by atoms with E-state index in [1.807, 2.05) is 41.6 Å². The summed E-state index contributed by atoms with van der Waals surface area (Å²) in [5, 5.41) is 0. The number of anilines is 1. The molecular weight excluding hydrogens is 556 g/mol. The number of benzene rings is 1. The van der Waals surface area contributed by atoms with Gasteiger partial charge in [-0.25, -0.2) is 14.4 Å². The van der Waals surface area contributed by atoms with Gasteiger partial charge in [-0.1, -0.05) is 19.1 Å². The lowest BCUT2D eigenvalue weighted by Crippen LogP contribution is -2.65. The van der Waals surface area contributed by atoms with Gasteiger partial charge < -0.3 is 4.90 Å². The lowest BCUT2D eigenvalue weighted by molar-refractivity contribution is -0.215. The number of carbonyl (C=O) groups is 1. The quantitative estimate of drug-likeness (QED) is 0.249. The van der Waals surface area contributed by atoms with Crippen molar-refractivity contribution in [1.29, 1.82) is 0 Å². The van der Waals surface area contributed by atoms with Crippen molar-refractivity contribution in [3.63, 3.8) is 0 Å². The molecule has 0 N–H and O–H groups in total. The maximum atomic E-state index is 14.3. The number of halogens is 4. The van der Waals surface area contributed by atoms with Crippen molar-refractivity contribution < 1.29 is 22.4 Å². The van der Waals surface area contributed by atoms with Gasteiger partial charge in [-0.05, 0) is 105 Å². The number of hydrogen-bond donors (Lipinski definition) is 0. The normalized spacial score (nSPS) is 30.8. The number of rotatable bonds is 8. The van der Waals surface area contributed by atoms with Gasteiger partial charge in [-0.2, -0.15) is 13.2 Å². The number of amides is 1. The zero-order valence-electron chi connectivity index (χ0n) is 24.4. The van der Waals surface area contributed by atoms with Crippen molar-refractivity contribution in [3.05, 3.63) is 71.8 Å². The Hall–Kier alpha value is -3.36. The first-order chi connectivity index (χ1) is 20.4. The van der Waals surface area contributed by atoms with Crippen molar-refractivity contribution in [2.75, 3.05) is 11.4 Å². The SMILES string of the molecule is CCc1cnc(-c2cccc(N(CC34CCC(c5ccc(C(F)(F)F)cn5)(CC3)CC4)C(=O)CC34CC(F)(C3)C4)c2)nc1. The van der Waals surface area contributed by atoms with Gasteiger partial charge in [0.1, 0.15) is 5.67 Å². The smallest absolute Gasteiger partial charge is 0.312 e. The van der Waals surface area contributed by atoms with Gasteiger partial charge in [0, 0.05) is 53.9 Å². The van der Waals surface area contributed by atoms with Gasteiger partial charge in [0.15, 0.2) is 5.82 Å². The van der Waals surface area contributed by atoms with Crippen molar-refractivity contribution in [2.24, 2.45) is 10.8 Å². The third kappa shape index (κ3) is 5.02. The molecule has 6 fully saturated rings. The summed E-state index contributed by atoms with van der Waals surface area (Å²) in [6, 6.07) is 10.5. The van der Waals surface area contributed by atoms with E-state index in [9.17, 15) is 22.4 Å². The molecule has 0 atom stereocenters. The van der Waals surface area contributed by atoms with Gasteiger partial charge >= 0.3 is 6.18 Å². The lowest BCUT2D eigenvalue weighted by atomic mass is 9.41. The van der Waals surface area contributed by atoms with E-state index in [-0.39, 0.29) is 22.2 Å². The Morgan fingerprint density at radius 2 is 1.56 bits per heavy atom. The van der Waals surface area contributed by atoms with Crippen LogP contribution in [0, 0.1) is 10.8 Å². The van der Waals surface area contributed by atoms with Crippen LogP contribution in [0.25, 0.3) is 11.4 Å². The van der Waals surface area contributed by atoms with Gasteiger partial charge in [-0.15, -0.1) is 0 Å². The summed E-state index contributed by atoms with van der Waals surface area (Å²) in [7, 11) is 0. The van der Waals surface area contributed by atoms with Crippen LogP contribution in [0.3, 0.4) is 0 Å². The fraction of sp³-hybridized carbons (Fsp3) is 0.529. The molecule has 3 aromatic rings. The van der Waals surface area contributed by atoms with Crippen LogP contribution >= 0.6 is 0 Å². The van der Waals surface area contributed by atoms with E-state index >= 15 is 0 Å². The molecule has 6 saturated carbocycles. The van der Waals surface area contributed by atoms with Crippen LogP contribution in [-0.2, 0) is 22.8 Å². The maximum Gasteiger partial charge on any atom is 0.417 e. The van der Waals surface area contributed by atoms with Gasteiger partial charge in [0.25, 0.3) is 0 Å². The first-order valence-electron chi connectivity index (χ1n) is 15.4. The first-order valence-corrected chi connectivity index (χ1v) is 15.4. The highest BCUT2D eigenvalue weighted by Gasteiger charge is 2.69. The number of aromatic nitrogens is 3. The molecular formula is C34H36F4N4O. The molecule has 1 amide bonds. The van der Waals surface area contributed by atoms with Crippen LogP contribution in [0.4, 0.5) is 23.2 Å². The number of aryl methyl sites for hydroxylation is 1. The number of nitrogens with zero attached hydrogens (tertiary/aromatic N) is 4. The van der Waals surface area contributed by atoms with Crippen molar-refractivity contribution in [3.8, 4) is 11.4 Å². The van der Waals surface area contributed by atoms with E-state index in [4.69, 9.17) is 0 Å². The fourth-order valence-electron chi connectivity index (χ4n) is 8.38. The van der Waals surface area contributed by atoms with Crippen LogP contribution in [0.1, 0.15) is 88.0 Å². The molecule has 6 aliphatic rings. The van der Waals surface area contributed by atoms with Gasteiger partial charge in [-0.3, -0.25) is 9.78 Å². The van der Waals surface area contributed by atoms with Crippen LogP contribution in [0.15, 0.2) is 55.0 Å². The van der Waals surface area contributed by atoms with E-state index in [0.29, 0.717) is 38.1 Å². The van der Waals surface area contributed by atoms with E-state index in [0.717, 1.165) is 79.7 Å². The Bertz CT molecular complexity index is 1490. The predicted molar refractivity (Wildman–Crippen MR) is 155 cm³/mol.